The van der Waals surface area contributed by atoms with Gasteiger partial charge >= 0.3 is 6.18 Å². The van der Waals surface area contributed by atoms with Crippen molar-refractivity contribution < 1.29 is 22.8 Å². The molecule has 1 aromatic rings. The lowest BCUT2D eigenvalue weighted by Crippen LogP contribution is -2.12. The summed E-state index contributed by atoms with van der Waals surface area (Å²) in [6.45, 7) is -0.629. The molecule has 0 fully saturated rings. The summed E-state index contributed by atoms with van der Waals surface area (Å²) in [5, 5.41) is 10.7. The van der Waals surface area contributed by atoms with Gasteiger partial charge in [0.2, 0.25) is 0 Å². The first kappa shape index (κ1) is 15.2. The largest absolute Gasteiger partial charge is 0.391 e. The molecule has 0 heterocycles. The average molecular weight is 279 g/mol. The zero-order valence-electron chi connectivity index (χ0n) is 9.74. The summed E-state index contributed by atoms with van der Waals surface area (Å²) in [7, 11) is 0. The summed E-state index contributed by atoms with van der Waals surface area (Å²) in [4.78, 5) is 10.1. The standard InChI is InChI=1S/C10H12F3N3O3/c11-10(12,13)3-4-19-6-7-1-2-8(15-14)9(5-7)16(17)18/h1-2,5,15H,3-4,6,14H2. The minimum atomic E-state index is -4.28. The molecule has 0 spiro atoms. The van der Waals surface area contributed by atoms with E-state index in [9.17, 15) is 23.3 Å². The Labute approximate surface area is 106 Å². The molecule has 3 N–H and O–H groups in total. The predicted molar refractivity (Wildman–Crippen MR) is 61.2 cm³/mol. The zero-order valence-corrected chi connectivity index (χ0v) is 9.74. The van der Waals surface area contributed by atoms with Crippen molar-refractivity contribution in [2.24, 2.45) is 5.84 Å². The highest BCUT2D eigenvalue weighted by atomic mass is 19.4. The molecule has 0 aliphatic carbocycles. The van der Waals surface area contributed by atoms with E-state index >= 15 is 0 Å². The van der Waals surface area contributed by atoms with E-state index < -0.39 is 24.1 Å². The van der Waals surface area contributed by atoms with Crippen LogP contribution in [-0.4, -0.2) is 17.7 Å². The molecule has 0 aliphatic heterocycles. The molecule has 0 aliphatic rings. The Hall–Kier alpha value is -1.87. The van der Waals surface area contributed by atoms with Crippen LogP contribution >= 0.6 is 0 Å². The van der Waals surface area contributed by atoms with Crippen LogP contribution in [0.3, 0.4) is 0 Å². The number of halogens is 3. The molecule has 19 heavy (non-hydrogen) atoms. The summed E-state index contributed by atoms with van der Waals surface area (Å²) >= 11 is 0. The Morgan fingerprint density at radius 2 is 2.11 bits per heavy atom. The van der Waals surface area contributed by atoms with Crippen molar-refractivity contribution in [1.82, 2.24) is 0 Å². The highest BCUT2D eigenvalue weighted by molar-refractivity contribution is 5.61. The molecular formula is C10H12F3N3O3. The second kappa shape index (κ2) is 6.34. The maximum atomic E-state index is 11.9. The van der Waals surface area contributed by atoms with Crippen LogP contribution in [0, 0.1) is 10.1 Å². The minimum absolute atomic E-state index is 0.115. The van der Waals surface area contributed by atoms with E-state index in [-0.39, 0.29) is 18.0 Å². The first-order valence-corrected chi connectivity index (χ1v) is 5.22. The summed E-state index contributed by atoms with van der Waals surface area (Å²) in [5.41, 5.74) is 2.41. The van der Waals surface area contributed by atoms with E-state index in [0.29, 0.717) is 5.56 Å². The van der Waals surface area contributed by atoms with E-state index in [4.69, 9.17) is 10.6 Å². The van der Waals surface area contributed by atoms with Crippen LogP contribution in [0.5, 0.6) is 0 Å². The van der Waals surface area contributed by atoms with Gasteiger partial charge in [0, 0.05) is 6.07 Å². The summed E-state index contributed by atoms with van der Waals surface area (Å²) in [5.74, 6) is 5.10. The predicted octanol–water partition coefficient (Wildman–Crippen LogP) is 2.35. The zero-order chi connectivity index (χ0) is 14.5. The van der Waals surface area contributed by atoms with Crippen molar-refractivity contribution in [3.05, 3.63) is 33.9 Å². The number of benzene rings is 1. The molecule has 0 atom stereocenters. The second-order valence-electron chi connectivity index (χ2n) is 3.67. The Balaban J connectivity index is 2.60. The number of nitrogens with two attached hydrogens (primary N) is 1. The number of alkyl halides is 3. The number of hydrogen-bond acceptors (Lipinski definition) is 5. The second-order valence-corrected chi connectivity index (χ2v) is 3.67. The minimum Gasteiger partial charge on any atom is -0.376 e. The van der Waals surface area contributed by atoms with Gasteiger partial charge in [-0.25, -0.2) is 0 Å². The third-order valence-corrected chi connectivity index (χ3v) is 2.21. The van der Waals surface area contributed by atoms with Crippen LogP contribution in [-0.2, 0) is 11.3 Å². The number of nitrogens with zero attached hydrogens (tertiary/aromatic N) is 1. The molecule has 0 bridgehead atoms. The number of anilines is 1. The number of hydrazine groups is 1. The highest BCUT2D eigenvalue weighted by Gasteiger charge is 2.26. The van der Waals surface area contributed by atoms with Gasteiger partial charge in [0.1, 0.15) is 5.69 Å². The number of nitro benzene ring substituents is 1. The molecule has 1 rings (SSSR count). The fourth-order valence-electron chi connectivity index (χ4n) is 1.32. The molecule has 106 valence electrons. The monoisotopic (exact) mass is 279 g/mol. The number of nitrogen functional groups attached to an aromatic ring is 1. The first-order valence-electron chi connectivity index (χ1n) is 5.22. The van der Waals surface area contributed by atoms with Crippen LogP contribution in [0.2, 0.25) is 0 Å². The van der Waals surface area contributed by atoms with Gasteiger partial charge in [0.05, 0.1) is 24.6 Å². The first-order chi connectivity index (χ1) is 8.83. The fraction of sp³-hybridized carbons (Fsp3) is 0.400. The van der Waals surface area contributed by atoms with Gasteiger partial charge in [0.15, 0.2) is 0 Å². The molecular weight excluding hydrogens is 267 g/mol. The van der Waals surface area contributed by atoms with E-state index in [1.165, 1.54) is 18.2 Å². The number of nitrogens with one attached hydrogen (secondary N) is 1. The molecule has 0 aromatic heterocycles. The lowest BCUT2D eigenvalue weighted by atomic mass is 10.2. The molecule has 0 saturated carbocycles. The summed E-state index contributed by atoms with van der Waals surface area (Å²) in [6, 6.07) is 4.04. The van der Waals surface area contributed by atoms with Crippen LogP contribution in [0.25, 0.3) is 0 Å². The smallest absolute Gasteiger partial charge is 0.376 e. The normalized spacial score (nSPS) is 11.4. The molecule has 0 amide bonds. The Morgan fingerprint density at radius 1 is 1.42 bits per heavy atom. The molecule has 0 radical (unpaired) electrons. The lowest BCUT2D eigenvalue weighted by molar-refractivity contribution is -0.384. The van der Waals surface area contributed by atoms with Gasteiger partial charge in [-0.1, -0.05) is 6.07 Å². The number of hydrogen-bond donors (Lipinski definition) is 2. The molecule has 1 aromatic carbocycles. The quantitative estimate of drug-likeness (QED) is 0.361. The van der Waals surface area contributed by atoms with Gasteiger partial charge in [-0.15, -0.1) is 0 Å². The van der Waals surface area contributed by atoms with Gasteiger partial charge < -0.3 is 10.2 Å². The van der Waals surface area contributed by atoms with Crippen LogP contribution < -0.4 is 11.3 Å². The summed E-state index contributed by atoms with van der Waals surface area (Å²) < 4.78 is 40.4. The topological polar surface area (TPSA) is 90.4 Å². The van der Waals surface area contributed by atoms with E-state index in [2.05, 4.69) is 5.43 Å². The fourth-order valence-corrected chi connectivity index (χ4v) is 1.32. The molecule has 0 unspecified atom stereocenters. The molecule has 9 heteroatoms. The van der Waals surface area contributed by atoms with Crippen LogP contribution in [0.1, 0.15) is 12.0 Å². The van der Waals surface area contributed by atoms with Crippen LogP contribution in [0.15, 0.2) is 18.2 Å². The van der Waals surface area contributed by atoms with Gasteiger partial charge in [-0.05, 0) is 11.6 Å². The number of ether oxygens (including phenoxy) is 1. The number of rotatable bonds is 6. The molecule has 6 nitrogen and oxygen atoms in total. The summed E-state index contributed by atoms with van der Waals surface area (Å²) in [6.07, 6.45) is -5.34. The lowest BCUT2D eigenvalue weighted by Gasteiger charge is -2.08. The van der Waals surface area contributed by atoms with Crippen molar-refractivity contribution >= 4 is 11.4 Å². The third kappa shape index (κ3) is 5.10. The van der Waals surface area contributed by atoms with Crippen molar-refractivity contribution in [3.8, 4) is 0 Å². The Bertz CT molecular complexity index is 451. The highest BCUT2D eigenvalue weighted by Crippen LogP contribution is 2.25. The number of nitro groups is 1. The average Bonchev–Trinajstić information content (AvgIpc) is 2.33. The van der Waals surface area contributed by atoms with Crippen LogP contribution in [0.4, 0.5) is 24.5 Å². The van der Waals surface area contributed by atoms with Crippen molar-refractivity contribution in [3.63, 3.8) is 0 Å². The Morgan fingerprint density at radius 3 is 2.63 bits per heavy atom. The van der Waals surface area contributed by atoms with Gasteiger partial charge in [-0.2, -0.15) is 13.2 Å². The van der Waals surface area contributed by atoms with Crippen molar-refractivity contribution in [2.45, 2.75) is 19.2 Å². The van der Waals surface area contributed by atoms with E-state index in [1.807, 2.05) is 0 Å². The van der Waals surface area contributed by atoms with Gasteiger partial charge in [-0.3, -0.25) is 16.0 Å². The van der Waals surface area contributed by atoms with Crippen molar-refractivity contribution in [2.75, 3.05) is 12.0 Å². The third-order valence-electron chi connectivity index (χ3n) is 2.21. The Kier molecular flexibility index (Phi) is 5.07. The molecule has 0 saturated heterocycles. The maximum Gasteiger partial charge on any atom is 0.391 e. The van der Waals surface area contributed by atoms with E-state index in [0.717, 1.165) is 0 Å². The SMILES string of the molecule is NNc1ccc(COCCC(F)(F)F)cc1[N+](=O)[O-]. The van der Waals surface area contributed by atoms with Gasteiger partial charge in [0.25, 0.3) is 5.69 Å². The van der Waals surface area contributed by atoms with Crippen molar-refractivity contribution in [1.29, 1.82) is 0 Å². The van der Waals surface area contributed by atoms with E-state index in [1.54, 1.807) is 0 Å². The maximum absolute atomic E-state index is 11.9.